The molecular weight excluding hydrogens is 241 g/mol. The van der Waals surface area contributed by atoms with Gasteiger partial charge < -0.3 is 5.73 Å². The van der Waals surface area contributed by atoms with Crippen molar-refractivity contribution in [2.24, 2.45) is 5.73 Å². The zero-order chi connectivity index (χ0) is 8.65. The van der Waals surface area contributed by atoms with Crippen molar-refractivity contribution in [1.82, 2.24) is 9.97 Å². The molecule has 1 heterocycles. The molecule has 1 aromatic heterocycles. The van der Waals surface area contributed by atoms with E-state index in [1.165, 1.54) is 0 Å². The van der Waals surface area contributed by atoms with Gasteiger partial charge in [0.25, 0.3) is 0 Å². The predicted molar refractivity (Wildman–Crippen MR) is 65.5 cm³/mol. The van der Waals surface area contributed by atoms with Gasteiger partial charge in [0, 0.05) is 18.1 Å². The summed E-state index contributed by atoms with van der Waals surface area (Å²) in [5.41, 5.74) is 5.37. The van der Waals surface area contributed by atoms with Crippen LogP contribution < -0.4 is 5.73 Å². The first-order valence-electron chi connectivity index (χ1n) is 4.03. The first-order chi connectivity index (χ1) is 5.93. The Labute approximate surface area is 101 Å². The van der Waals surface area contributed by atoms with E-state index in [2.05, 4.69) is 9.97 Å². The predicted octanol–water partition coefficient (Wildman–Crippen LogP) is 2.15. The van der Waals surface area contributed by atoms with E-state index in [1.54, 1.807) is 24.2 Å². The maximum atomic E-state index is 5.37. The summed E-state index contributed by atoms with van der Waals surface area (Å²) in [6.45, 7) is 0.774. The largest absolute Gasteiger partial charge is 0.330 e. The summed E-state index contributed by atoms with van der Waals surface area (Å²) >= 11 is 1.68. The second-order valence-corrected chi connectivity index (χ2v) is 3.44. The number of nitrogens with zero attached hydrogens (tertiary/aromatic N) is 2. The van der Waals surface area contributed by atoms with Crippen LogP contribution in [0, 0.1) is 0 Å². The van der Waals surface area contributed by atoms with Crippen molar-refractivity contribution < 1.29 is 0 Å². The van der Waals surface area contributed by atoms with Crippen LogP contribution in [0.3, 0.4) is 0 Å². The summed E-state index contributed by atoms with van der Waals surface area (Å²) in [6.07, 6.45) is 5.75. The molecule has 0 fully saturated rings. The highest BCUT2D eigenvalue weighted by Gasteiger charge is 1.93. The summed E-state index contributed by atoms with van der Waals surface area (Å²) in [5, 5.41) is 0.856. The quantitative estimate of drug-likeness (QED) is 0.498. The fourth-order valence-corrected chi connectivity index (χ4v) is 1.57. The molecule has 0 bridgehead atoms. The highest BCUT2D eigenvalue weighted by atomic mass is 35.5. The van der Waals surface area contributed by atoms with Crippen molar-refractivity contribution in [1.29, 1.82) is 0 Å². The summed E-state index contributed by atoms with van der Waals surface area (Å²) < 4.78 is 0. The molecule has 2 N–H and O–H groups in total. The van der Waals surface area contributed by atoms with Crippen molar-refractivity contribution in [3.63, 3.8) is 0 Å². The molecule has 0 unspecified atom stereocenters. The van der Waals surface area contributed by atoms with E-state index in [0.29, 0.717) is 0 Å². The molecule has 0 saturated carbocycles. The van der Waals surface area contributed by atoms with Gasteiger partial charge in [-0.05, 0) is 25.5 Å². The first kappa shape index (κ1) is 16.4. The molecule has 14 heavy (non-hydrogen) atoms. The normalized spacial score (nSPS) is 8.64. The number of aromatic nitrogens is 2. The van der Waals surface area contributed by atoms with Crippen molar-refractivity contribution in [3.8, 4) is 0 Å². The van der Waals surface area contributed by atoms with Crippen molar-refractivity contribution >= 4 is 36.6 Å². The molecule has 0 saturated heterocycles. The van der Waals surface area contributed by atoms with E-state index in [-0.39, 0.29) is 24.8 Å². The molecule has 0 radical (unpaired) electrons. The topological polar surface area (TPSA) is 51.8 Å². The Morgan fingerprint density at radius 2 is 1.79 bits per heavy atom. The molecule has 0 aliphatic carbocycles. The molecule has 0 aliphatic rings. The lowest BCUT2D eigenvalue weighted by Gasteiger charge is -1.97. The van der Waals surface area contributed by atoms with Crippen LogP contribution in [0.25, 0.3) is 0 Å². The fourth-order valence-electron chi connectivity index (χ4n) is 0.770. The maximum Gasteiger partial charge on any atom is 0.187 e. The molecule has 82 valence electrons. The molecule has 1 rings (SSSR count). The lowest BCUT2D eigenvalue weighted by atomic mass is 10.3. The second kappa shape index (κ2) is 11.0. The molecule has 6 heteroatoms. The molecule has 0 amide bonds. The highest BCUT2D eigenvalue weighted by molar-refractivity contribution is 7.99. The number of hydrogen-bond donors (Lipinski definition) is 1. The molecule has 3 nitrogen and oxygen atoms in total. The Morgan fingerprint density at radius 1 is 1.14 bits per heavy atom. The minimum Gasteiger partial charge on any atom is -0.330 e. The lowest BCUT2D eigenvalue weighted by molar-refractivity contribution is 0.812. The molecule has 1 aromatic rings. The van der Waals surface area contributed by atoms with E-state index in [0.717, 1.165) is 30.3 Å². The number of rotatable bonds is 5. The lowest BCUT2D eigenvalue weighted by Crippen LogP contribution is -1.98. The van der Waals surface area contributed by atoms with Crippen LogP contribution in [-0.2, 0) is 0 Å². The van der Waals surface area contributed by atoms with Crippen LogP contribution >= 0.6 is 36.6 Å². The smallest absolute Gasteiger partial charge is 0.187 e. The zero-order valence-electron chi connectivity index (χ0n) is 7.76. The minimum atomic E-state index is 0. The monoisotopic (exact) mass is 255 g/mol. The van der Waals surface area contributed by atoms with Crippen LogP contribution in [0.2, 0.25) is 0 Å². The zero-order valence-corrected chi connectivity index (χ0v) is 10.2. The standard InChI is InChI=1S/C8H13N3S.2ClH/c9-4-1-2-7-12-8-10-5-3-6-11-8;;/h3,5-6H,1-2,4,7,9H2;2*1H. The minimum absolute atomic E-state index is 0. The van der Waals surface area contributed by atoms with Gasteiger partial charge in [-0.2, -0.15) is 0 Å². The Kier molecular flexibility index (Phi) is 12.9. The van der Waals surface area contributed by atoms with E-state index < -0.39 is 0 Å². The van der Waals surface area contributed by atoms with E-state index in [1.807, 2.05) is 6.07 Å². The first-order valence-corrected chi connectivity index (χ1v) is 5.02. The van der Waals surface area contributed by atoms with E-state index in [4.69, 9.17) is 5.73 Å². The average Bonchev–Trinajstić information content (AvgIpc) is 2.14. The Bertz CT molecular complexity index is 211. The van der Waals surface area contributed by atoms with E-state index in [9.17, 15) is 0 Å². The Morgan fingerprint density at radius 3 is 2.36 bits per heavy atom. The van der Waals surface area contributed by atoms with Gasteiger partial charge in [-0.25, -0.2) is 9.97 Å². The van der Waals surface area contributed by atoms with Crippen molar-refractivity contribution in [2.75, 3.05) is 12.3 Å². The van der Waals surface area contributed by atoms with Gasteiger partial charge >= 0.3 is 0 Å². The fraction of sp³-hybridized carbons (Fsp3) is 0.500. The van der Waals surface area contributed by atoms with Gasteiger partial charge in [0.15, 0.2) is 5.16 Å². The molecule has 0 aromatic carbocycles. The maximum absolute atomic E-state index is 5.37. The summed E-state index contributed by atoms with van der Waals surface area (Å²) in [6, 6.07) is 1.82. The van der Waals surface area contributed by atoms with Gasteiger partial charge in [0.1, 0.15) is 0 Å². The highest BCUT2D eigenvalue weighted by Crippen LogP contribution is 2.12. The van der Waals surface area contributed by atoms with Gasteiger partial charge in [-0.15, -0.1) is 24.8 Å². The Hall–Kier alpha value is -0.0300. The van der Waals surface area contributed by atoms with Crippen LogP contribution in [0.1, 0.15) is 12.8 Å². The third kappa shape index (κ3) is 7.38. The van der Waals surface area contributed by atoms with Gasteiger partial charge in [-0.1, -0.05) is 11.8 Å². The van der Waals surface area contributed by atoms with Gasteiger partial charge in [0.2, 0.25) is 0 Å². The van der Waals surface area contributed by atoms with Gasteiger partial charge in [0.05, 0.1) is 0 Å². The third-order valence-electron chi connectivity index (χ3n) is 1.37. The van der Waals surface area contributed by atoms with Crippen LogP contribution in [0.15, 0.2) is 23.6 Å². The number of halogens is 2. The summed E-state index contributed by atoms with van der Waals surface area (Å²) in [5.74, 6) is 1.06. The number of thioether (sulfide) groups is 1. The van der Waals surface area contributed by atoms with Crippen molar-refractivity contribution in [3.05, 3.63) is 18.5 Å². The molecule has 0 spiro atoms. The summed E-state index contributed by atoms with van der Waals surface area (Å²) in [4.78, 5) is 8.19. The van der Waals surface area contributed by atoms with Crippen LogP contribution in [-0.4, -0.2) is 22.3 Å². The summed E-state index contributed by atoms with van der Waals surface area (Å²) in [7, 11) is 0. The van der Waals surface area contributed by atoms with E-state index >= 15 is 0 Å². The Balaban J connectivity index is 0. The second-order valence-electron chi connectivity index (χ2n) is 2.38. The average molecular weight is 256 g/mol. The SMILES string of the molecule is Cl.Cl.NCCCCSc1ncccn1. The van der Waals surface area contributed by atoms with Crippen molar-refractivity contribution in [2.45, 2.75) is 18.0 Å². The molecule has 0 atom stereocenters. The number of nitrogens with two attached hydrogens (primary N) is 1. The van der Waals surface area contributed by atoms with Crippen LogP contribution in [0.5, 0.6) is 0 Å². The van der Waals surface area contributed by atoms with Crippen LogP contribution in [0.4, 0.5) is 0 Å². The number of hydrogen-bond acceptors (Lipinski definition) is 4. The van der Waals surface area contributed by atoms with Gasteiger partial charge in [-0.3, -0.25) is 0 Å². The molecule has 0 aliphatic heterocycles. The number of unbranched alkanes of at least 4 members (excludes halogenated alkanes) is 1. The third-order valence-corrected chi connectivity index (χ3v) is 2.33. The molecular formula is C8H15Cl2N3S.